The third-order valence-corrected chi connectivity index (χ3v) is 4.63. The Hall–Kier alpha value is -1.30. The molecule has 24 heavy (non-hydrogen) atoms. The maximum Gasteiger partial charge on any atom is 0.233 e. The van der Waals surface area contributed by atoms with Gasteiger partial charge < -0.3 is 20.1 Å². The van der Waals surface area contributed by atoms with Crippen molar-refractivity contribution >= 4 is 18.3 Å². The van der Waals surface area contributed by atoms with Gasteiger partial charge in [-0.25, -0.2) is 0 Å². The van der Waals surface area contributed by atoms with E-state index in [0.717, 1.165) is 18.6 Å². The monoisotopic (exact) mass is 356 g/mol. The average molecular weight is 357 g/mol. The fourth-order valence-electron chi connectivity index (χ4n) is 3.38. The minimum atomic E-state index is -0.00517. The van der Waals surface area contributed by atoms with E-state index in [1.54, 1.807) is 14.2 Å². The number of rotatable bonds is 9. The molecule has 2 rings (SSSR count). The lowest BCUT2D eigenvalue weighted by atomic mass is 9.78. The van der Waals surface area contributed by atoms with Crippen LogP contribution in [0.25, 0.3) is 0 Å². The molecule has 1 fully saturated rings. The quantitative estimate of drug-likeness (QED) is 0.666. The highest BCUT2D eigenvalue weighted by Gasteiger charge is 2.37. The van der Waals surface area contributed by atoms with Crippen LogP contribution in [0.3, 0.4) is 0 Å². The molecule has 2 N–H and O–H groups in total. The van der Waals surface area contributed by atoms with Crippen LogP contribution >= 0.6 is 12.4 Å². The van der Waals surface area contributed by atoms with Crippen molar-refractivity contribution in [3.63, 3.8) is 0 Å². The molecule has 1 aromatic carbocycles. The molecule has 1 aliphatic carbocycles. The van der Waals surface area contributed by atoms with E-state index < -0.39 is 0 Å². The number of nitrogens with one attached hydrogen (secondary N) is 2. The van der Waals surface area contributed by atoms with Crippen molar-refractivity contribution in [3.05, 3.63) is 29.8 Å². The maximum absolute atomic E-state index is 12.0. The predicted molar refractivity (Wildman–Crippen MR) is 98.1 cm³/mol. The van der Waals surface area contributed by atoms with Gasteiger partial charge in [0, 0.05) is 31.2 Å². The van der Waals surface area contributed by atoms with Crippen LogP contribution in [-0.2, 0) is 14.9 Å². The van der Waals surface area contributed by atoms with Crippen molar-refractivity contribution in [1.82, 2.24) is 10.6 Å². The van der Waals surface area contributed by atoms with Crippen LogP contribution in [0, 0.1) is 0 Å². The van der Waals surface area contributed by atoms with Crippen LogP contribution in [0.5, 0.6) is 5.75 Å². The van der Waals surface area contributed by atoms with E-state index >= 15 is 0 Å². The summed E-state index contributed by atoms with van der Waals surface area (Å²) in [6, 6.07) is 8.17. The van der Waals surface area contributed by atoms with E-state index in [1.165, 1.54) is 18.4 Å². The first-order valence-electron chi connectivity index (χ1n) is 8.32. The van der Waals surface area contributed by atoms with E-state index in [0.29, 0.717) is 26.2 Å². The van der Waals surface area contributed by atoms with Gasteiger partial charge in [0.05, 0.1) is 20.3 Å². The van der Waals surface area contributed by atoms with Gasteiger partial charge in [0.2, 0.25) is 5.91 Å². The van der Waals surface area contributed by atoms with Gasteiger partial charge in [0.25, 0.3) is 0 Å². The lowest BCUT2D eigenvalue weighted by molar-refractivity contribution is -0.120. The summed E-state index contributed by atoms with van der Waals surface area (Å²) in [5, 5.41) is 6.17. The highest BCUT2D eigenvalue weighted by atomic mass is 35.5. The molecule has 0 bridgehead atoms. The normalized spacial score (nSPS) is 15.6. The fraction of sp³-hybridized carbons (Fsp3) is 0.611. The Morgan fingerprint density at radius 1 is 1.21 bits per heavy atom. The van der Waals surface area contributed by atoms with Gasteiger partial charge in [-0.05, 0) is 18.9 Å². The summed E-state index contributed by atoms with van der Waals surface area (Å²) < 4.78 is 10.5. The van der Waals surface area contributed by atoms with Crippen LogP contribution in [0.1, 0.15) is 31.2 Å². The van der Waals surface area contributed by atoms with E-state index in [2.05, 4.69) is 16.7 Å². The van der Waals surface area contributed by atoms with Gasteiger partial charge in [-0.2, -0.15) is 0 Å². The number of halogens is 1. The van der Waals surface area contributed by atoms with E-state index in [1.807, 2.05) is 18.2 Å². The van der Waals surface area contributed by atoms with Gasteiger partial charge in [-0.3, -0.25) is 4.79 Å². The van der Waals surface area contributed by atoms with E-state index in [-0.39, 0.29) is 23.7 Å². The zero-order valence-electron chi connectivity index (χ0n) is 14.6. The first-order valence-corrected chi connectivity index (χ1v) is 8.32. The number of hydrogen-bond acceptors (Lipinski definition) is 4. The number of benzene rings is 1. The van der Waals surface area contributed by atoms with Gasteiger partial charge >= 0.3 is 0 Å². The summed E-state index contributed by atoms with van der Waals surface area (Å²) in [6.07, 6.45) is 4.57. The van der Waals surface area contributed by atoms with Crippen molar-refractivity contribution in [1.29, 1.82) is 0 Å². The Morgan fingerprint density at radius 3 is 2.58 bits per heavy atom. The second-order valence-corrected chi connectivity index (χ2v) is 6.13. The number of methoxy groups -OCH3 is 2. The Morgan fingerprint density at radius 2 is 1.92 bits per heavy atom. The molecule has 1 aliphatic rings. The number of hydrogen-bond donors (Lipinski definition) is 2. The third-order valence-electron chi connectivity index (χ3n) is 4.63. The van der Waals surface area contributed by atoms with Gasteiger partial charge in [-0.15, -0.1) is 12.4 Å². The Bertz CT molecular complexity index is 505. The van der Waals surface area contributed by atoms with Crippen LogP contribution in [0.4, 0.5) is 0 Å². The van der Waals surface area contributed by atoms with Crippen molar-refractivity contribution in [3.8, 4) is 5.75 Å². The molecule has 0 aliphatic heterocycles. The standard InChI is InChI=1S/C18H28N2O3.ClH/c1-22-12-11-19-13-17(21)20-14-18(9-5-6-10-18)15-7-3-4-8-16(15)23-2;/h3-4,7-8,19H,5-6,9-14H2,1-2H3,(H,20,21);1H. The summed E-state index contributed by atoms with van der Waals surface area (Å²) in [6.45, 7) is 2.28. The summed E-state index contributed by atoms with van der Waals surface area (Å²) in [5.74, 6) is 0.948. The Balaban J connectivity index is 0.00000288. The topological polar surface area (TPSA) is 59.6 Å². The molecule has 0 atom stereocenters. The van der Waals surface area contributed by atoms with Crippen molar-refractivity contribution < 1.29 is 14.3 Å². The summed E-state index contributed by atoms with van der Waals surface area (Å²) >= 11 is 0. The number of amides is 1. The van der Waals surface area contributed by atoms with Crippen LogP contribution in [-0.4, -0.2) is 46.4 Å². The van der Waals surface area contributed by atoms with Gasteiger partial charge in [0.15, 0.2) is 0 Å². The molecule has 0 radical (unpaired) electrons. The van der Waals surface area contributed by atoms with Gasteiger partial charge in [0.1, 0.15) is 5.75 Å². The first kappa shape index (κ1) is 20.7. The van der Waals surface area contributed by atoms with E-state index in [4.69, 9.17) is 9.47 Å². The second kappa shape index (κ2) is 10.5. The first-order chi connectivity index (χ1) is 11.2. The molecule has 0 saturated heterocycles. The molecule has 6 heteroatoms. The van der Waals surface area contributed by atoms with E-state index in [9.17, 15) is 4.79 Å². The molecule has 1 saturated carbocycles. The molecular weight excluding hydrogens is 328 g/mol. The predicted octanol–water partition coefficient (Wildman–Crippen LogP) is 2.28. The highest BCUT2D eigenvalue weighted by molar-refractivity contribution is 5.85. The largest absolute Gasteiger partial charge is 0.496 e. The highest BCUT2D eigenvalue weighted by Crippen LogP contribution is 2.44. The lowest BCUT2D eigenvalue weighted by Crippen LogP contribution is -2.43. The molecule has 0 unspecified atom stereocenters. The van der Waals surface area contributed by atoms with Crippen molar-refractivity contribution in [2.75, 3.05) is 40.5 Å². The lowest BCUT2D eigenvalue weighted by Gasteiger charge is -2.31. The summed E-state index contributed by atoms with van der Waals surface area (Å²) in [7, 11) is 3.36. The van der Waals surface area contributed by atoms with Crippen LogP contribution in [0.15, 0.2) is 24.3 Å². The molecule has 136 valence electrons. The minimum absolute atomic E-state index is 0. The molecule has 1 aromatic rings. The number of para-hydroxylation sites is 1. The Labute approximate surface area is 150 Å². The van der Waals surface area contributed by atoms with Crippen molar-refractivity contribution in [2.45, 2.75) is 31.1 Å². The minimum Gasteiger partial charge on any atom is -0.496 e. The number of carbonyl (C=O) groups is 1. The zero-order chi connectivity index (χ0) is 16.5. The number of ether oxygens (including phenoxy) is 2. The summed E-state index contributed by atoms with van der Waals surface area (Å²) in [4.78, 5) is 12.0. The fourth-order valence-corrected chi connectivity index (χ4v) is 3.38. The maximum atomic E-state index is 12.0. The van der Waals surface area contributed by atoms with Gasteiger partial charge in [-0.1, -0.05) is 31.0 Å². The smallest absolute Gasteiger partial charge is 0.233 e. The Kier molecular flexibility index (Phi) is 9.11. The second-order valence-electron chi connectivity index (χ2n) is 6.13. The number of carbonyl (C=O) groups excluding carboxylic acids is 1. The SMILES string of the molecule is COCCNCC(=O)NCC1(c2ccccc2OC)CCCC1.Cl. The molecule has 1 amide bonds. The third kappa shape index (κ3) is 5.36. The average Bonchev–Trinajstić information content (AvgIpc) is 3.07. The molecule has 0 spiro atoms. The van der Waals surface area contributed by atoms with Crippen molar-refractivity contribution in [2.24, 2.45) is 0 Å². The summed E-state index contributed by atoms with van der Waals surface area (Å²) in [5.41, 5.74) is 1.21. The molecule has 5 nitrogen and oxygen atoms in total. The van der Waals surface area contributed by atoms with Crippen LogP contribution in [0.2, 0.25) is 0 Å². The molecular formula is C18H29ClN2O3. The van der Waals surface area contributed by atoms with Crippen LogP contribution < -0.4 is 15.4 Å². The molecule has 0 heterocycles. The molecule has 0 aromatic heterocycles. The zero-order valence-corrected chi connectivity index (χ0v) is 15.4.